The van der Waals surface area contributed by atoms with Crippen LogP contribution in [0.2, 0.25) is 0 Å². The van der Waals surface area contributed by atoms with Crippen molar-refractivity contribution in [2.45, 2.75) is 148 Å². The first kappa shape index (κ1) is 47.7. The van der Waals surface area contributed by atoms with Gasteiger partial charge in [-0.15, -0.1) is 0 Å². The summed E-state index contributed by atoms with van der Waals surface area (Å²) in [4.78, 5) is 34.7. The van der Waals surface area contributed by atoms with Crippen molar-refractivity contribution in [3.8, 4) is 0 Å². The first-order valence-corrected chi connectivity index (χ1v) is 20.2. The number of aliphatic hydroxyl groups is 2. The zero-order chi connectivity index (χ0) is 37.0. The average molecular weight is 727 g/mol. The molecule has 0 fully saturated rings. The van der Waals surface area contributed by atoms with E-state index in [0.717, 1.165) is 51.4 Å². The molecule has 0 rings (SSSR count). The van der Waals surface area contributed by atoms with Crippen molar-refractivity contribution in [1.82, 2.24) is 0 Å². The molecule has 0 aromatic rings. The van der Waals surface area contributed by atoms with Gasteiger partial charge in [-0.25, -0.2) is 4.57 Å². The van der Waals surface area contributed by atoms with Crippen LogP contribution in [0.5, 0.6) is 0 Å². The molecule has 0 spiro atoms. The van der Waals surface area contributed by atoms with E-state index in [2.05, 4.69) is 67.0 Å². The van der Waals surface area contributed by atoms with Crippen molar-refractivity contribution in [2.75, 3.05) is 26.4 Å². The zero-order valence-corrected chi connectivity index (χ0v) is 31.7. The lowest BCUT2D eigenvalue weighted by molar-refractivity contribution is -0.161. The Morgan fingerprint density at radius 2 is 1.10 bits per heavy atom. The highest BCUT2D eigenvalue weighted by atomic mass is 31.2. The molecule has 3 atom stereocenters. The van der Waals surface area contributed by atoms with Crippen molar-refractivity contribution in [3.05, 3.63) is 60.8 Å². The minimum atomic E-state index is -4.63. The maximum atomic E-state index is 12.5. The van der Waals surface area contributed by atoms with Crippen LogP contribution in [0.25, 0.3) is 0 Å². The number of rotatable bonds is 34. The maximum Gasteiger partial charge on any atom is 0.472 e. The molecule has 0 amide bonds. The van der Waals surface area contributed by atoms with E-state index in [0.29, 0.717) is 19.3 Å². The highest BCUT2D eigenvalue weighted by Crippen LogP contribution is 2.43. The van der Waals surface area contributed by atoms with E-state index in [-0.39, 0.29) is 19.4 Å². The number of phosphoric acid groups is 1. The van der Waals surface area contributed by atoms with Gasteiger partial charge >= 0.3 is 19.8 Å². The summed E-state index contributed by atoms with van der Waals surface area (Å²) in [6.07, 6.45) is 36.3. The van der Waals surface area contributed by atoms with Crippen LogP contribution in [0.1, 0.15) is 136 Å². The number of esters is 2. The summed E-state index contributed by atoms with van der Waals surface area (Å²) in [7, 11) is -4.63. The Morgan fingerprint density at radius 3 is 1.64 bits per heavy atom. The molecule has 0 aromatic carbocycles. The summed E-state index contributed by atoms with van der Waals surface area (Å²) < 4.78 is 32.5. The molecule has 0 aliphatic rings. The molecule has 0 bridgehead atoms. The average Bonchev–Trinajstić information content (AvgIpc) is 3.10. The fourth-order valence-electron chi connectivity index (χ4n) is 4.56. The van der Waals surface area contributed by atoms with Crippen molar-refractivity contribution in [1.29, 1.82) is 0 Å². The molecule has 0 saturated carbocycles. The molecule has 0 aliphatic heterocycles. The molecular formula is C39H67O10P. The third-order valence-electron chi connectivity index (χ3n) is 7.44. The van der Waals surface area contributed by atoms with E-state index in [1.165, 1.54) is 38.5 Å². The van der Waals surface area contributed by atoms with Crippen molar-refractivity contribution < 1.29 is 47.8 Å². The summed E-state index contributed by atoms with van der Waals surface area (Å²) in [5.74, 6) is -1.00. The minimum absolute atomic E-state index is 0.105. The quantitative estimate of drug-likeness (QED) is 0.0254. The minimum Gasteiger partial charge on any atom is -0.462 e. The summed E-state index contributed by atoms with van der Waals surface area (Å²) in [5.41, 5.74) is 0. The SMILES string of the molecule is CC/C=C\C/C=C\C/C=C\C/C=C\C/C=C\CCCC(=O)O[C@H](COC(=O)CCCCCCCCCCCC)COP(=O)(O)OC[C@@H](O)CO. The Hall–Kier alpha value is -2.33. The van der Waals surface area contributed by atoms with Crippen LogP contribution in [-0.2, 0) is 32.7 Å². The topological polar surface area (TPSA) is 149 Å². The number of allylic oxidation sites excluding steroid dienone is 10. The van der Waals surface area contributed by atoms with Gasteiger partial charge in [0.15, 0.2) is 6.10 Å². The Bertz CT molecular complexity index is 1020. The molecule has 10 nitrogen and oxygen atoms in total. The molecule has 0 heterocycles. The number of hydrogen-bond acceptors (Lipinski definition) is 9. The van der Waals surface area contributed by atoms with Gasteiger partial charge in [0, 0.05) is 12.8 Å². The van der Waals surface area contributed by atoms with Gasteiger partial charge in [0.1, 0.15) is 12.7 Å². The van der Waals surface area contributed by atoms with Crippen molar-refractivity contribution in [2.24, 2.45) is 0 Å². The third-order valence-corrected chi connectivity index (χ3v) is 8.39. The van der Waals surface area contributed by atoms with Gasteiger partial charge < -0.3 is 24.6 Å². The molecule has 0 saturated heterocycles. The van der Waals surface area contributed by atoms with Gasteiger partial charge in [0.25, 0.3) is 0 Å². The van der Waals surface area contributed by atoms with E-state index in [1.54, 1.807) is 0 Å². The van der Waals surface area contributed by atoms with Crippen molar-refractivity contribution >= 4 is 19.8 Å². The molecule has 11 heteroatoms. The highest BCUT2D eigenvalue weighted by Gasteiger charge is 2.27. The fraction of sp³-hybridized carbons (Fsp3) is 0.692. The summed E-state index contributed by atoms with van der Waals surface area (Å²) in [6, 6.07) is 0. The second kappa shape index (κ2) is 35.1. The number of hydrogen-bond donors (Lipinski definition) is 3. The normalized spacial score (nSPS) is 14.7. The number of ether oxygens (including phenoxy) is 2. The fourth-order valence-corrected chi connectivity index (χ4v) is 5.35. The van der Waals surface area contributed by atoms with E-state index in [1.807, 2.05) is 12.2 Å². The predicted octanol–water partition coefficient (Wildman–Crippen LogP) is 9.16. The summed E-state index contributed by atoms with van der Waals surface area (Å²) in [6.45, 7) is 2.15. The second-order valence-corrected chi connectivity index (χ2v) is 13.7. The monoisotopic (exact) mass is 726 g/mol. The van der Waals surface area contributed by atoms with E-state index in [4.69, 9.17) is 19.1 Å². The van der Waals surface area contributed by atoms with E-state index in [9.17, 15) is 24.2 Å². The number of aliphatic hydroxyl groups excluding tert-OH is 2. The van der Waals surface area contributed by atoms with Gasteiger partial charge in [-0.2, -0.15) is 0 Å². The summed E-state index contributed by atoms with van der Waals surface area (Å²) >= 11 is 0. The smallest absolute Gasteiger partial charge is 0.462 e. The molecule has 288 valence electrons. The molecule has 1 unspecified atom stereocenters. The Morgan fingerprint density at radius 1 is 0.620 bits per heavy atom. The second-order valence-electron chi connectivity index (χ2n) is 12.2. The van der Waals surface area contributed by atoms with Crippen LogP contribution in [0, 0.1) is 0 Å². The molecule has 0 radical (unpaired) electrons. The number of carbonyl (C=O) groups is 2. The summed E-state index contributed by atoms with van der Waals surface area (Å²) in [5, 5.41) is 18.2. The first-order valence-electron chi connectivity index (χ1n) is 18.7. The molecule has 50 heavy (non-hydrogen) atoms. The van der Waals surface area contributed by atoms with E-state index >= 15 is 0 Å². The molecular weight excluding hydrogens is 659 g/mol. The number of carbonyl (C=O) groups excluding carboxylic acids is 2. The lowest BCUT2D eigenvalue weighted by atomic mass is 10.1. The Kier molecular flexibility index (Phi) is 33.5. The van der Waals surface area contributed by atoms with Gasteiger partial charge in [-0.05, 0) is 51.4 Å². The van der Waals surface area contributed by atoms with E-state index < -0.39 is 51.8 Å². The van der Waals surface area contributed by atoms with Crippen LogP contribution in [0.3, 0.4) is 0 Å². The first-order chi connectivity index (χ1) is 24.2. The molecule has 3 N–H and O–H groups in total. The third kappa shape index (κ3) is 34.1. The standard InChI is InChI=1S/C39H67O10P/c1-3-5-7-9-11-13-15-16-17-18-19-20-21-23-25-27-29-31-39(43)49-37(35-48-50(44,45)47-33-36(41)32-40)34-46-38(42)30-28-26-24-22-14-12-10-8-6-4-2/h5,7,11,13,16-17,19-20,23,25,36-37,40-41H,3-4,6,8-10,12,14-15,18,21-22,24,26-35H2,1-2H3,(H,44,45)/b7-5-,13-11-,17-16-,20-19-,25-23-/t36-,37+/m0/s1. The maximum absolute atomic E-state index is 12.5. The van der Waals surface area contributed by atoms with Gasteiger partial charge in [0.2, 0.25) is 0 Å². The highest BCUT2D eigenvalue weighted by molar-refractivity contribution is 7.47. The number of phosphoric ester groups is 1. The van der Waals surface area contributed by atoms with Crippen LogP contribution in [0.15, 0.2) is 60.8 Å². The van der Waals surface area contributed by atoms with Crippen LogP contribution in [0.4, 0.5) is 0 Å². The van der Waals surface area contributed by atoms with Crippen LogP contribution >= 0.6 is 7.82 Å². The Labute approximate surface area is 302 Å². The van der Waals surface area contributed by atoms with Crippen LogP contribution < -0.4 is 0 Å². The van der Waals surface area contributed by atoms with Gasteiger partial charge in [-0.1, -0.05) is 132 Å². The Balaban J connectivity index is 4.49. The van der Waals surface area contributed by atoms with Gasteiger partial charge in [-0.3, -0.25) is 18.6 Å². The number of unbranched alkanes of at least 4 members (excludes halogenated alkanes) is 10. The largest absolute Gasteiger partial charge is 0.472 e. The predicted molar refractivity (Wildman–Crippen MR) is 200 cm³/mol. The lowest BCUT2D eigenvalue weighted by Gasteiger charge is -2.20. The van der Waals surface area contributed by atoms with Crippen molar-refractivity contribution in [3.63, 3.8) is 0 Å². The molecule has 0 aromatic heterocycles. The van der Waals surface area contributed by atoms with Crippen LogP contribution in [-0.4, -0.2) is 65.7 Å². The zero-order valence-electron chi connectivity index (χ0n) is 30.8. The molecule has 0 aliphatic carbocycles. The van der Waals surface area contributed by atoms with Gasteiger partial charge in [0.05, 0.1) is 19.8 Å². The lowest BCUT2D eigenvalue weighted by Crippen LogP contribution is -2.29.